The van der Waals surface area contributed by atoms with Crippen LogP contribution in [0.4, 0.5) is 4.39 Å². The molecule has 1 fully saturated rings. The van der Waals surface area contributed by atoms with Gasteiger partial charge in [-0.25, -0.2) is 4.39 Å². The van der Waals surface area contributed by atoms with Gasteiger partial charge in [0.05, 0.1) is 0 Å². The van der Waals surface area contributed by atoms with E-state index in [0.717, 1.165) is 29.6 Å². The van der Waals surface area contributed by atoms with E-state index in [-0.39, 0.29) is 29.8 Å². The molecule has 26 heavy (non-hydrogen) atoms. The lowest BCUT2D eigenvalue weighted by Gasteiger charge is -2.32. The van der Waals surface area contributed by atoms with Crippen molar-refractivity contribution >= 4 is 41.7 Å². The Morgan fingerprint density at radius 3 is 2.58 bits per heavy atom. The van der Waals surface area contributed by atoms with E-state index in [0.29, 0.717) is 6.04 Å². The molecule has 0 spiro atoms. The van der Waals surface area contributed by atoms with Crippen LogP contribution < -0.4 is 10.6 Å². The first-order chi connectivity index (χ1) is 12.2. The molecule has 0 bridgehead atoms. The largest absolute Gasteiger partial charge is 0.356 e. The summed E-state index contributed by atoms with van der Waals surface area (Å²) in [6.07, 6.45) is 4.64. The number of aliphatic imine (C=N–C) groups is 1. The number of halogens is 2. The van der Waals surface area contributed by atoms with Crippen molar-refractivity contribution in [3.63, 3.8) is 0 Å². The maximum Gasteiger partial charge on any atom is 0.191 e. The number of nitrogens with zero attached hydrogens (tertiary/aromatic N) is 2. The Kier molecular flexibility index (Phi) is 12.3. The Balaban J connectivity index is 0.00000338. The molecule has 0 radical (unpaired) electrons. The van der Waals surface area contributed by atoms with Crippen LogP contribution in [0.15, 0.2) is 34.2 Å². The molecular formula is C19H32FIN4S. The van der Waals surface area contributed by atoms with Crippen molar-refractivity contribution in [2.75, 3.05) is 39.0 Å². The number of thioether (sulfide) groups is 1. The zero-order valence-electron chi connectivity index (χ0n) is 15.8. The van der Waals surface area contributed by atoms with Crippen LogP contribution in [0.5, 0.6) is 0 Å². The minimum Gasteiger partial charge on any atom is -0.356 e. The quantitative estimate of drug-likeness (QED) is 0.189. The average Bonchev–Trinajstić information content (AvgIpc) is 2.63. The molecule has 4 nitrogen and oxygen atoms in total. The number of piperidine rings is 1. The third-order valence-corrected chi connectivity index (χ3v) is 5.49. The monoisotopic (exact) mass is 494 g/mol. The van der Waals surface area contributed by atoms with Crippen LogP contribution in [0.2, 0.25) is 0 Å². The molecule has 0 aromatic heterocycles. The zero-order chi connectivity index (χ0) is 17.9. The lowest BCUT2D eigenvalue weighted by molar-refractivity contribution is 0.206. The summed E-state index contributed by atoms with van der Waals surface area (Å²) in [6, 6.07) is 7.21. The number of guanidine groups is 1. The van der Waals surface area contributed by atoms with Crippen LogP contribution >= 0.6 is 35.7 Å². The van der Waals surface area contributed by atoms with Gasteiger partial charge in [-0.3, -0.25) is 4.99 Å². The van der Waals surface area contributed by atoms with Crippen LogP contribution in [0.25, 0.3) is 0 Å². The van der Waals surface area contributed by atoms with Crippen molar-refractivity contribution in [3.8, 4) is 0 Å². The molecule has 1 aliphatic rings. The Labute approximate surface area is 178 Å². The van der Waals surface area contributed by atoms with Crippen molar-refractivity contribution in [2.45, 2.75) is 43.5 Å². The van der Waals surface area contributed by atoms with Crippen LogP contribution in [0.3, 0.4) is 0 Å². The SMILES string of the molecule is CCCN1CCC(NC(=NC)NCCCSc2ccc(F)cc2)CC1.I. The van der Waals surface area contributed by atoms with E-state index in [1.165, 1.54) is 51.0 Å². The summed E-state index contributed by atoms with van der Waals surface area (Å²) in [4.78, 5) is 7.99. The van der Waals surface area contributed by atoms with Crippen LogP contribution in [0.1, 0.15) is 32.6 Å². The standard InChI is InChI=1S/C19H31FN4S.HI/c1-3-12-24-13-9-17(10-14-24)23-19(21-2)22-11-4-15-25-18-7-5-16(20)6-8-18;/h5-8,17H,3-4,9-15H2,1-2H3,(H2,21,22,23);1H. The van der Waals surface area contributed by atoms with Crippen molar-refractivity contribution in [3.05, 3.63) is 30.1 Å². The molecule has 1 saturated heterocycles. The molecule has 2 rings (SSSR count). The number of hydrogen-bond acceptors (Lipinski definition) is 3. The fraction of sp³-hybridized carbons (Fsp3) is 0.632. The van der Waals surface area contributed by atoms with E-state index in [9.17, 15) is 4.39 Å². The Morgan fingerprint density at radius 2 is 1.96 bits per heavy atom. The zero-order valence-corrected chi connectivity index (χ0v) is 19.0. The van der Waals surface area contributed by atoms with Gasteiger partial charge in [0.2, 0.25) is 0 Å². The highest BCUT2D eigenvalue weighted by molar-refractivity contribution is 14.0. The predicted molar refractivity (Wildman–Crippen MR) is 121 cm³/mol. The second-order valence-corrected chi connectivity index (χ2v) is 7.58. The molecule has 1 aromatic rings. The highest BCUT2D eigenvalue weighted by Gasteiger charge is 2.19. The van der Waals surface area contributed by atoms with E-state index >= 15 is 0 Å². The fourth-order valence-electron chi connectivity index (χ4n) is 3.00. The summed E-state index contributed by atoms with van der Waals surface area (Å²) in [5.74, 6) is 1.73. The predicted octanol–water partition coefficient (Wildman–Crippen LogP) is 3.97. The summed E-state index contributed by atoms with van der Waals surface area (Å²) in [6.45, 7) is 6.70. The summed E-state index contributed by atoms with van der Waals surface area (Å²) >= 11 is 1.76. The normalized spacial score (nSPS) is 16.2. The minimum atomic E-state index is -0.179. The molecule has 1 aromatic carbocycles. The van der Waals surface area contributed by atoms with Gasteiger partial charge in [0.1, 0.15) is 5.82 Å². The van der Waals surface area contributed by atoms with Gasteiger partial charge in [0, 0.05) is 37.6 Å². The molecule has 2 N–H and O–H groups in total. The number of hydrogen-bond donors (Lipinski definition) is 2. The summed E-state index contributed by atoms with van der Waals surface area (Å²) in [7, 11) is 1.83. The molecule has 0 saturated carbocycles. The van der Waals surface area contributed by atoms with Gasteiger partial charge < -0.3 is 15.5 Å². The van der Waals surface area contributed by atoms with Gasteiger partial charge >= 0.3 is 0 Å². The lowest BCUT2D eigenvalue weighted by atomic mass is 10.1. The van der Waals surface area contributed by atoms with Gasteiger partial charge in [0.25, 0.3) is 0 Å². The van der Waals surface area contributed by atoms with Gasteiger partial charge in [0.15, 0.2) is 5.96 Å². The molecule has 1 aliphatic heterocycles. The minimum absolute atomic E-state index is 0. The van der Waals surface area contributed by atoms with Crippen molar-refractivity contribution < 1.29 is 4.39 Å². The molecule has 0 amide bonds. The maximum absolute atomic E-state index is 12.9. The maximum atomic E-state index is 12.9. The Morgan fingerprint density at radius 1 is 1.27 bits per heavy atom. The molecule has 1 heterocycles. The van der Waals surface area contributed by atoms with E-state index in [4.69, 9.17) is 0 Å². The van der Waals surface area contributed by atoms with Gasteiger partial charge in [-0.15, -0.1) is 35.7 Å². The molecule has 7 heteroatoms. The highest BCUT2D eigenvalue weighted by Crippen LogP contribution is 2.18. The number of likely N-dealkylation sites (tertiary alicyclic amines) is 1. The lowest BCUT2D eigenvalue weighted by Crippen LogP contribution is -2.48. The van der Waals surface area contributed by atoms with Gasteiger partial charge in [-0.05, 0) is 62.2 Å². The van der Waals surface area contributed by atoms with Crippen molar-refractivity contribution in [1.29, 1.82) is 0 Å². The molecule has 0 aliphatic carbocycles. The van der Waals surface area contributed by atoms with Crippen molar-refractivity contribution in [1.82, 2.24) is 15.5 Å². The topological polar surface area (TPSA) is 39.7 Å². The van der Waals surface area contributed by atoms with E-state index in [1.54, 1.807) is 11.8 Å². The van der Waals surface area contributed by atoms with E-state index in [2.05, 4.69) is 27.4 Å². The van der Waals surface area contributed by atoms with Crippen molar-refractivity contribution in [2.24, 2.45) is 4.99 Å². The number of rotatable bonds is 8. The first kappa shape index (κ1) is 23.5. The molecule has 148 valence electrons. The molecule has 0 unspecified atom stereocenters. The third kappa shape index (κ3) is 8.90. The second-order valence-electron chi connectivity index (χ2n) is 6.42. The third-order valence-electron chi connectivity index (χ3n) is 4.39. The van der Waals surface area contributed by atoms with E-state index in [1.807, 2.05) is 19.2 Å². The fourth-order valence-corrected chi connectivity index (χ4v) is 3.86. The van der Waals surface area contributed by atoms with Crippen LogP contribution in [0, 0.1) is 5.82 Å². The molecular weight excluding hydrogens is 462 g/mol. The van der Waals surface area contributed by atoms with Gasteiger partial charge in [-0.2, -0.15) is 0 Å². The van der Waals surface area contributed by atoms with Crippen LogP contribution in [-0.2, 0) is 0 Å². The smallest absolute Gasteiger partial charge is 0.191 e. The second kappa shape index (κ2) is 13.6. The number of benzene rings is 1. The average molecular weight is 494 g/mol. The van der Waals surface area contributed by atoms with Crippen LogP contribution in [-0.4, -0.2) is 55.9 Å². The first-order valence-corrected chi connectivity index (χ1v) is 10.3. The summed E-state index contributed by atoms with van der Waals surface area (Å²) in [5, 5.41) is 6.95. The summed E-state index contributed by atoms with van der Waals surface area (Å²) < 4.78 is 12.9. The van der Waals surface area contributed by atoms with Gasteiger partial charge in [-0.1, -0.05) is 6.92 Å². The highest BCUT2D eigenvalue weighted by atomic mass is 127. The summed E-state index contributed by atoms with van der Waals surface area (Å²) in [5.41, 5.74) is 0. The molecule has 0 atom stereocenters. The van der Waals surface area contributed by atoms with E-state index < -0.39 is 0 Å². The first-order valence-electron chi connectivity index (χ1n) is 9.29. The Bertz CT molecular complexity index is 519. The number of nitrogens with one attached hydrogen (secondary N) is 2. The Hall–Kier alpha value is -0.540.